The Kier molecular flexibility index (Phi) is 7.50. The van der Waals surface area contributed by atoms with Gasteiger partial charge in [0.1, 0.15) is 24.4 Å². The minimum absolute atomic E-state index is 0.210. The molecule has 0 radical (unpaired) electrons. The van der Waals surface area contributed by atoms with Gasteiger partial charge in [-0.2, -0.15) is 0 Å². The molecule has 2 aromatic carbocycles. The number of benzene rings is 2. The molecule has 0 fully saturated rings. The van der Waals surface area contributed by atoms with E-state index in [1.165, 1.54) is 0 Å². The molecule has 0 aliphatic rings. The van der Waals surface area contributed by atoms with Gasteiger partial charge in [0.15, 0.2) is 0 Å². The molecule has 0 heterocycles. The number of para-hydroxylation sites is 1. The molecule has 0 aliphatic carbocycles. The molecular formula is C20H22O5. The number of hydrogen-bond donors (Lipinski definition) is 0. The molecule has 5 heteroatoms. The van der Waals surface area contributed by atoms with Crippen molar-refractivity contribution >= 4 is 12.3 Å². The quantitative estimate of drug-likeness (QED) is 0.373. The van der Waals surface area contributed by atoms with Crippen molar-refractivity contribution in [1.82, 2.24) is 0 Å². The third-order valence-corrected chi connectivity index (χ3v) is 3.45. The van der Waals surface area contributed by atoms with E-state index in [-0.39, 0.29) is 5.97 Å². The van der Waals surface area contributed by atoms with Gasteiger partial charge in [-0.1, -0.05) is 30.3 Å². The molecule has 0 saturated heterocycles. The Morgan fingerprint density at radius 2 is 1.92 bits per heavy atom. The van der Waals surface area contributed by atoms with E-state index in [1.807, 2.05) is 24.3 Å². The summed E-state index contributed by atoms with van der Waals surface area (Å²) in [5.74, 6) is 1.14. The number of ether oxygens (including phenoxy) is 3. The van der Waals surface area contributed by atoms with E-state index in [4.69, 9.17) is 14.2 Å². The summed E-state index contributed by atoms with van der Waals surface area (Å²) >= 11 is 0. The predicted molar refractivity (Wildman–Crippen MR) is 94.0 cm³/mol. The standard InChI is InChI=1S/C20H22O5/c1-2-23-20(22)11-6-12-24-19-10-4-3-8-17(19)15-25-18-9-5-7-16(13-18)14-21/h3-5,7-10,13-14H,2,6,11-12,15H2,1H3. The van der Waals surface area contributed by atoms with Crippen molar-refractivity contribution in [2.24, 2.45) is 0 Å². The van der Waals surface area contributed by atoms with Gasteiger partial charge in [-0.3, -0.25) is 9.59 Å². The second kappa shape index (κ2) is 10.1. The minimum Gasteiger partial charge on any atom is -0.493 e. The van der Waals surface area contributed by atoms with Crippen LogP contribution in [0, 0.1) is 0 Å². The third-order valence-electron chi connectivity index (χ3n) is 3.45. The van der Waals surface area contributed by atoms with Gasteiger partial charge in [-0.15, -0.1) is 0 Å². The topological polar surface area (TPSA) is 61.8 Å². The van der Waals surface area contributed by atoms with Crippen LogP contribution in [0.15, 0.2) is 48.5 Å². The number of carbonyl (C=O) groups is 2. The first kappa shape index (κ1) is 18.5. The molecule has 0 N–H and O–H groups in total. The van der Waals surface area contributed by atoms with Crippen LogP contribution in [-0.2, 0) is 16.1 Å². The summed E-state index contributed by atoms with van der Waals surface area (Å²) in [6.07, 6.45) is 1.72. The van der Waals surface area contributed by atoms with E-state index in [0.29, 0.717) is 44.0 Å². The molecule has 0 unspecified atom stereocenters. The van der Waals surface area contributed by atoms with Crippen molar-refractivity contribution in [3.05, 3.63) is 59.7 Å². The van der Waals surface area contributed by atoms with Crippen LogP contribution in [0.4, 0.5) is 0 Å². The monoisotopic (exact) mass is 342 g/mol. The molecule has 0 atom stereocenters. The van der Waals surface area contributed by atoms with Gasteiger partial charge in [0.25, 0.3) is 0 Å². The highest BCUT2D eigenvalue weighted by Gasteiger charge is 2.06. The van der Waals surface area contributed by atoms with E-state index in [2.05, 4.69) is 0 Å². The van der Waals surface area contributed by atoms with Crippen LogP contribution in [0.1, 0.15) is 35.7 Å². The molecule has 0 spiro atoms. The molecule has 0 bridgehead atoms. The lowest BCUT2D eigenvalue weighted by Gasteiger charge is -2.12. The van der Waals surface area contributed by atoms with E-state index in [1.54, 1.807) is 31.2 Å². The van der Waals surface area contributed by atoms with E-state index in [9.17, 15) is 9.59 Å². The van der Waals surface area contributed by atoms with Crippen LogP contribution >= 0.6 is 0 Å². The maximum Gasteiger partial charge on any atom is 0.305 e. The normalized spacial score (nSPS) is 10.1. The zero-order chi connectivity index (χ0) is 17.9. The Morgan fingerprint density at radius 3 is 2.72 bits per heavy atom. The van der Waals surface area contributed by atoms with Gasteiger partial charge in [-0.25, -0.2) is 0 Å². The smallest absolute Gasteiger partial charge is 0.305 e. The Morgan fingerprint density at radius 1 is 1.08 bits per heavy atom. The first-order valence-corrected chi connectivity index (χ1v) is 8.27. The third kappa shape index (κ3) is 6.30. The first-order valence-electron chi connectivity index (χ1n) is 8.27. The fraction of sp³-hybridized carbons (Fsp3) is 0.300. The highest BCUT2D eigenvalue weighted by atomic mass is 16.5. The van der Waals surface area contributed by atoms with Crippen molar-refractivity contribution < 1.29 is 23.8 Å². The van der Waals surface area contributed by atoms with Crippen molar-refractivity contribution in [3.8, 4) is 11.5 Å². The van der Waals surface area contributed by atoms with Crippen LogP contribution in [0.3, 0.4) is 0 Å². The average Bonchev–Trinajstić information content (AvgIpc) is 2.64. The summed E-state index contributed by atoms with van der Waals surface area (Å²) in [6, 6.07) is 14.6. The molecule has 0 saturated carbocycles. The molecule has 2 rings (SSSR count). The lowest BCUT2D eigenvalue weighted by Crippen LogP contribution is -2.08. The summed E-state index contributed by atoms with van der Waals surface area (Å²) in [6.45, 7) is 2.94. The van der Waals surface area contributed by atoms with E-state index in [0.717, 1.165) is 17.6 Å². The molecular weight excluding hydrogens is 320 g/mol. The van der Waals surface area contributed by atoms with Gasteiger partial charge in [-0.05, 0) is 31.5 Å². The summed E-state index contributed by atoms with van der Waals surface area (Å²) in [7, 11) is 0. The summed E-state index contributed by atoms with van der Waals surface area (Å²) in [5, 5.41) is 0. The number of carbonyl (C=O) groups excluding carboxylic acids is 2. The Labute approximate surface area is 147 Å². The van der Waals surface area contributed by atoms with Gasteiger partial charge in [0, 0.05) is 17.5 Å². The lowest BCUT2D eigenvalue weighted by atomic mass is 10.2. The van der Waals surface area contributed by atoms with Crippen molar-refractivity contribution in [2.45, 2.75) is 26.4 Å². The van der Waals surface area contributed by atoms with Crippen molar-refractivity contribution in [2.75, 3.05) is 13.2 Å². The predicted octanol–water partition coefficient (Wildman–Crippen LogP) is 3.80. The molecule has 0 aliphatic heterocycles. The Bertz CT molecular complexity index is 696. The van der Waals surface area contributed by atoms with E-state index < -0.39 is 0 Å². The first-order chi connectivity index (χ1) is 12.2. The fourth-order valence-electron chi connectivity index (χ4n) is 2.23. The number of aldehydes is 1. The molecule has 0 amide bonds. The molecule has 2 aromatic rings. The maximum absolute atomic E-state index is 11.3. The van der Waals surface area contributed by atoms with Gasteiger partial charge < -0.3 is 14.2 Å². The highest BCUT2D eigenvalue weighted by Crippen LogP contribution is 2.21. The van der Waals surface area contributed by atoms with Gasteiger partial charge >= 0.3 is 5.97 Å². The van der Waals surface area contributed by atoms with E-state index >= 15 is 0 Å². The lowest BCUT2D eigenvalue weighted by molar-refractivity contribution is -0.143. The zero-order valence-electron chi connectivity index (χ0n) is 14.3. The number of hydrogen-bond acceptors (Lipinski definition) is 5. The zero-order valence-corrected chi connectivity index (χ0v) is 14.3. The second-order valence-electron chi connectivity index (χ2n) is 5.34. The highest BCUT2D eigenvalue weighted by molar-refractivity contribution is 5.75. The molecule has 25 heavy (non-hydrogen) atoms. The molecule has 0 aromatic heterocycles. The van der Waals surface area contributed by atoms with Crippen LogP contribution in [0.25, 0.3) is 0 Å². The largest absolute Gasteiger partial charge is 0.493 e. The average molecular weight is 342 g/mol. The minimum atomic E-state index is -0.210. The Balaban J connectivity index is 1.87. The summed E-state index contributed by atoms with van der Waals surface area (Å²) < 4.78 is 16.4. The molecule has 132 valence electrons. The maximum atomic E-state index is 11.3. The van der Waals surface area contributed by atoms with Crippen LogP contribution in [0.2, 0.25) is 0 Å². The number of esters is 1. The molecule has 5 nitrogen and oxygen atoms in total. The number of rotatable bonds is 10. The summed E-state index contributed by atoms with van der Waals surface area (Å²) in [4.78, 5) is 22.1. The van der Waals surface area contributed by atoms with Gasteiger partial charge in [0.2, 0.25) is 0 Å². The van der Waals surface area contributed by atoms with Crippen molar-refractivity contribution in [3.63, 3.8) is 0 Å². The van der Waals surface area contributed by atoms with Crippen LogP contribution in [0.5, 0.6) is 11.5 Å². The van der Waals surface area contributed by atoms with Gasteiger partial charge in [0.05, 0.1) is 13.2 Å². The van der Waals surface area contributed by atoms with Crippen molar-refractivity contribution in [1.29, 1.82) is 0 Å². The van der Waals surface area contributed by atoms with Crippen LogP contribution < -0.4 is 9.47 Å². The van der Waals surface area contributed by atoms with Crippen LogP contribution in [-0.4, -0.2) is 25.5 Å². The fourth-order valence-corrected chi connectivity index (χ4v) is 2.23. The SMILES string of the molecule is CCOC(=O)CCCOc1ccccc1COc1cccc(C=O)c1. The second-order valence-corrected chi connectivity index (χ2v) is 5.34. The summed E-state index contributed by atoms with van der Waals surface area (Å²) in [5.41, 5.74) is 1.47. The Hall–Kier alpha value is -2.82.